The molecule has 2 N–H and O–H groups in total. The maximum absolute atomic E-state index is 12.5. The fourth-order valence-corrected chi connectivity index (χ4v) is 2.95. The van der Waals surface area contributed by atoms with E-state index in [0.29, 0.717) is 11.1 Å². The van der Waals surface area contributed by atoms with Crippen LogP contribution in [0.15, 0.2) is 48.5 Å². The maximum atomic E-state index is 12.5. The van der Waals surface area contributed by atoms with Crippen molar-refractivity contribution in [2.45, 2.75) is 25.7 Å². The van der Waals surface area contributed by atoms with Crippen molar-refractivity contribution in [1.29, 1.82) is 0 Å². The van der Waals surface area contributed by atoms with Gasteiger partial charge in [0.15, 0.2) is 0 Å². The first kappa shape index (κ1) is 19.1. The zero-order valence-electron chi connectivity index (χ0n) is 14.6. The molecular formula is C19H20N2O5. The van der Waals surface area contributed by atoms with Gasteiger partial charge in [-0.3, -0.25) is 19.7 Å². The van der Waals surface area contributed by atoms with E-state index in [4.69, 9.17) is 0 Å². The van der Waals surface area contributed by atoms with Gasteiger partial charge >= 0.3 is 5.97 Å². The predicted molar refractivity (Wildman–Crippen MR) is 96.2 cm³/mol. The van der Waals surface area contributed by atoms with Crippen molar-refractivity contribution >= 4 is 17.6 Å². The molecule has 0 fully saturated rings. The van der Waals surface area contributed by atoms with E-state index < -0.39 is 22.2 Å². The summed E-state index contributed by atoms with van der Waals surface area (Å²) >= 11 is 0. The Morgan fingerprint density at radius 1 is 1.15 bits per heavy atom. The second-order valence-corrected chi connectivity index (χ2v) is 6.02. The molecule has 0 spiro atoms. The van der Waals surface area contributed by atoms with Crippen LogP contribution >= 0.6 is 0 Å². The smallest absolute Gasteiger partial charge is 0.315 e. The summed E-state index contributed by atoms with van der Waals surface area (Å²) in [6.45, 7) is 3.10. The number of nitrogens with one attached hydrogen (secondary N) is 1. The first-order chi connectivity index (χ1) is 12.3. The molecule has 7 heteroatoms. The fourth-order valence-electron chi connectivity index (χ4n) is 2.95. The highest BCUT2D eigenvalue weighted by molar-refractivity contribution is 5.99. The molecule has 0 saturated carbocycles. The van der Waals surface area contributed by atoms with Gasteiger partial charge in [0.1, 0.15) is 11.0 Å². The van der Waals surface area contributed by atoms with Crippen molar-refractivity contribution in [3.05, 3.63) is 75.3 Å². The Hall–Kier alpha value is -3.22. The highest BCUT2D eigenvalue weighted by atomic mass is 16.6. The number of hydrogen-bond donors (Lipinski definition) is 2. The molecule has 1 unspecified atom stereocenters. The van der Waals surface area contributed by atoms with Gasteiger partial charge in [0.2, 0.25) is 0 Å². The number of benzene rings is 2. The number of aryl methyl sites for hydroxylation is 1. The van der Waals surface area contributed by atoms with Gasteiger partial charge in [-0.15, -0.1) is 0 Å². The Morgan fingerprint density at radius 2 is 1.81 bits per heavy atom. The van der Waals surface area contributed by atoms with E-state index in [1.807, 2.05) is 0 Å². The molecule has 1 atom stereocenters. The molecule has 2 rings (SSSR count). The molecule has 1 amide bonds. The molecule has 7 nitrogen and oxygen atoms in total. The minimum absolute atomic E-state index is 0.0848. The third-order valence-electron chi connectivity index (χ3n) is 4.55. The lowest BCUT2D eigenvalue weighted by atomic mass is 9.78. The van der Waals surface area contributed by atoms with Gasteiger partial charge in [-0.25, -0.2) is 0 Å². The van der Waals surface area contributed by atoms with Gasteiger partial charge in [-0.05, 0) is 25.0 Å². The third-order valence-corrected chi connectivity index (χ3v) is 4.55. The van der Waals surface area contributed by atoms with Gasteiger partial charge in [-0.1, -0.05) is 49.4 Å². The van der Waals surface area contributed by atoms with Crippen molar-refractivity contribution in [1.82, 2.24) is 5.32 Å². The van der Waals surface area contributed by atoms with Crippen LogP contribution < -0.4 is 5.32 Å². The molecule has 0 aliphatic rings. The Kier molecular flexibility index (Phi) is 5.71. The van der Waals surface area contributed by atoms with Gasteiger partial charge in [0, 0.05) is 12.1 Å². The molecule has 26 heavy (non-hydrogen) atoms. The number of nitro benzene ring substituents is 1. The van der Waals surface area contributed by atoms with Crippen molar-refractivity contribution in [3.8, 4) is 0 Å². The lowest BCUT2D eigenvalue weighted by molar-refractivity contribution is -0.385. The highest BCUT2D eigenvalue weighted by Gasteiger charge is 2.39. The van der Waals surface area contributed by atoms with Crippen molar-refractivity contribution < 1.29 is 19.6 Å². The molecule has 0 aromatic heterocycles. The van der Waals surface area contributed by atoms with Gasteiger partial charge < -0.3 is 10.4 Å². The summed E-state index contributed by atoms with van der Waals surface area (Å²) in [5.74, 6) is -1.74. The molecular weight excluding hydrogens is 336 g/mol. The largest absolute Gasteiger partial charge is 0.481 e. The predicted octanol–water partition coefficient (Wildman–Crippen LogP) is 3.07. The molecule has 0 radical (unpaired) electrons. The monoisotopic (exact) mass is 356 g/mol. The Morgan fingerprint density at radius 3 is 2.35 bits per heavy atom. The first-order valence-electron chi connectivity index (χ1n) is 8.14. The van der Waals surface area contributed by atoms with E-state index in [9.17, 15) is 24.8 Å². The van der Waals surface area contributed by atoms with Crippen LogP contribution in [0.25, 0.3) is 0 Å². The van der Waals surface area contributed by atoms with Gasteiger partial charge in [-0.2, -0.15) is 0 Å². The number of para-hydroxylation sites is 1. The molecule has 136 valence electrons. The standard InChI is InChI=1S/C19H20N2O5/c1-3-19(18(23)24,14-9-5-4-6-10-14)12-20-17(22)15-11-7-8-13(2)16(15)21(25)26/h4-11H,3,12H2,1-2H3,(H,20,22)(H,23,24). The van der Waals surface area contributed by atoms with E-state index in [2.05, 4.69) is 5.32 Å². The number of carbonyl (C=O) groups excluding carboxylic acids is 1. The Balaban J connectivity index is 2.34. The molecule has 0 aliphatic carbocycles. The number of amides is 1. The van der Waals surface area contributed by atoms with Crippen LogP contribution in [-0.4, -0.2) is 28.5 Å². The molecule has 0 bridgehead atoms. The van der Waals surface area contributed by atoms with E-state index in [1.54, 1.807) is 56.3 Å². The first-order valence-corrected chi connectivity index (χ1v) is 8.14. The summed E-state index contributed by atoms with van der Waals surface area (Å²) < 4.78 is 0. The Bertz CT molecular complexity index is 835. The van der Waals surface area contributed by atoms with Crippen LogP contribution in [0, 0.1) is 17.0 Å². The number of carboxylic acids is 1. The molecule has 2 aromatic carbocycles. The fraction of sp³-hybridized carbons (Fsp3) is 0.263. The van der Waals surface area contributed by atoms with Crippen molar-refractivity contribution in [2.24, 2.45) is 0 Å². The molecule has 2 aromatic rings. The van der Waals surface area contributed by atoms with Crippen LogP contribution in [0.5, 0.6) is 0 Å². The lowest BCUT2D eigenvalue weighted by Crippen LogP contribution is -2.46. The Labute approximate surface area is 150 Å². The number of nitro groups is 1. The zero-order valence-corrected chi connectivity index (χ0v) is 14.6. The number of carbonyl (C=O) groups is 2. The zero-order chi connectivity index (χ0) is 19.3. The van der Waals surface area contributed by atoms with Crippen LogP contribution in [0.2, 0.25) is 0 Å². The van der Waals surface area contributed by atoms with Gasteiger partial charge in [0.25, 0.3) is 11.6 Å². The van der Waals surface area contributed by atoms with Crippen LogP contribution in [0.1, 0.15) is 34.8 Å². The number of carboxylic acid groups (broad SMARTS) is 1. The average molecular weight is 356 g/mol. The summed E-state index contributed by atoms with van der Waals surface area (Å²) in [6.07, 6.45) is 0.253. The van der Waals surface area contributed by atoms with Crippen LogP contribution in [-0.2, 0) is 10.2 Å². The van der Waals surface area contributed by atoms with Crippen molar-refractivity contribution in [2.75, 3.05) is 6.54 Å². The summed E-state index contributed by atoms with van der Waals surface area (Å²) in [4.78, 5) is 35.2. The second-order valence-electron chi connectivity index (χ2n) is 6.02. The number of rotatable bonds is 7. The summed E-state index contributed by atoms with van der Waals surface area (Å²) in [7, 11) is 0. The third kappa shape index (κ3) is 3.56. The SMILES string of the molecule is CCC(CNC(=O)c1cccc(C)c1[N+](=O)[O-])(C(=O)O)c1ccccc1. The van der Waals surface area contributed by atoms with E-state index in [0.717, 1.165) is 0 Å². The summed E-state index contributed by atoms with van der Waals surface area (Å²) in [5, 5.41) is 23.6. The van der Waals surface area contributed by atoms with E-state index >= 15 is 0 Å². The molecule has 0 aliphatic heterocycles. The summed E-state index contributed by atoms with van der Waals surface area (Å²) in [6, 6.07) is 13.1. The summed E-state index contributed by atoms with van der Waals surface area (Å²) in [5.41, 5.74) is -0.740. The highest BCUT2D eigenvalue weighted by Crippen LogP contribution is 2.29. The minimum atomic E-state index is -1.31. The topological polar surface area (TPSA) is 110 Å². The van der Waals surface area contributed by atoms with E-state index in [1.165, 1.54) is 6.07 Å². The van der Waals surface area contributed by atoms with Gasteiger partial charge in [0.05, 0.1) is 4.92 Å². The lowest BCUT2D eigenvalue weighted by Gasteiger charge is -2.29. The normalized spacial score (nSPS) is 12.8. The van der Waals surface area contributed by atoms with Crippen LogP contribution in [0.3, 0.4) is 0 Å². The number of nitrogens with zero attached hydrogens (tertiary/aromatic N) is 1. The number of hydrogen-bond acceptors (Lipinski definition) is 4. The quantitative estimate of drug-likeness (QED) is 0.585. The second kappa shape index (κ2) is 7.77. The minimum Gasteiger partial charge on any atom is -0.481 e. The number of aliphatic carboxylic acids is 1. The average Bonchev–Trinajstić information content (AvgIpc) is 2.62. The maximum Gasteiger partial charge on any atom is 0.315 e. The van der Waals surface area contributed by atoms with E-state index in [-0.39, 0.29) is 24.2 Å². The molecule has 0 heterocycles. The molecule has 0 saturated heterocycles. The van der Waals surface area contributed by atoms with Crippen molar-refractivity contribution in [3.63, 3.8) is 0 Å². The van der Waals surface area contributed by atoms with Crippen LogP contribution in [0.4, 0.5) is 5.69 Å².